The Balaban J connectivity index is 1.79. The maximum Gasteiger partial charge on any atom is 0.259 e. The Morgan fingerprint density at radius 3 is 2.78 bits per heavy atom. The molecular formula is C13H14ClN3O. The molecule has 0 atom stereocenters. The van der Waals surface area contributed by atoms with Gasteiger partial charge in [-0.2, -0.15) is 4.98 Å². The normalized spacial score (nSPS) is 16.3. The number of aromatic nitrogens is 2. The van der Waals surface area contributed by atoms with Crippen LogP contribution in [0.3, 0.4) is 0 Å². The van der Waals surface area contributed by atoms with E-state index in [1.54, 1.807) is 0 Å². The van der Waals surface area contributed by atoms with Gasteiger partial charge in [-0.15, -0.1) is 0 Å². The molecule has 1 aromatic carbocycles. The highest BCUT2D eigenvalue weighted by Crippen LogP contribution is 2.26. The van der Waals surface area contributed by atoms with Crippen LogP contribution in [0, 0.1) is 0 Å². The number of rotatable bonds is 3. The van der Waals surface area contributed by atoms with Crippen molar-refractivity contribution in [2.45, 2.75) is 19.4 Å². The van der Waals surface area contributed by atoms with Crippen LogP contribution in [0.15, 0.2) is 28.8 Å². The minimum absolute atomic E-state index is 0.495. The summed E-state index contributed by atoms with van der Waals surface area (Å²) in [5.41, 5.74) is 0.791. The third kappa shape index (κ3) is 2.40. The van der Waals surface area contributed by atoms with Crippen molar-refractivity contribution < 1.29 is 4.52 Å². The monoisotopic (exact) mass is 263 g/mol. The summed E-state index contributed by atoms with van der Waals surface area (Å²) in [7, 11) is 0. The summed E-state index contributed by atoms with van der Waals surface area (Å²) < 4.78 is 5.27. The Labute approximate surface area is 111 Å². The first-order chi connectivity index (χ1) is 8.83. The first kappa shape index (κ1) is 11.7. The smallest absolute Gasteiger partial charge is 0.259 e. The molecule has 0 saturated carbocycles. The van der Waals surface area contributed by atoms with E-state index in [-0.39, 0.29) is 0 Å². The molecule has 0 spiro atoms. The van der Waals surface area contributed by atoms with Crippen molar-refractivity contribution in [2.75, 3.05) is 13.1 Å². The van der Waals surface area contributed by atoms with Crippen molar-refractivity contribution in [3.63, 3.8) is 0 Å². The number of nitrogens with zero attached hydrogens (tertiary/aromatic N) is 3. The standard InChI is InChI=1S/C13H14ClN3O/c14-11-6-2-1-5-10(11)13-15-12(16-18-13)9-17-7-3-4-8-17/h1-2,5-6H,3-4,7-9H2. The molecule has 0 unspecified atom stereocenters. The Bertz CT molecular complexity index is 535. The molecule has 4 nitrogen and oxygen atoms in total. The van der Waals surface area contributed by atoms with E-state index < -0.39 is 0 Å². The van der Waals surface area contributed by atoms with Crippen LogP contribution < -0.4 is 0 Å². The van der Waals surface area contributed by atoms with Gasteiger partial charge < -0.3 is 4.52 Å². The van der Waals surface area contributed by atoms with Crippen molar-refractivity contribution in [3.8, 4) is 11.5 Å². The van der Waals surface area contributed by atoms with Gasteiger partial charge in [-0.1, -0.05) is 28.9 Å². The van der Waals surface area contributed by atoms with Crippen LogP contribution in [-0.2, 0) is 6.54 Å². The van der Waals surface area contributed by atoms with Gasteiger partial charge in [0.2, 0.25) is 0 Å². The molecule has 5 heteroatoms. The molecule has 1 fully saturated rings. The molecule has 1 saturated heterocycles. The highest BCUT2D eigenvalue weighted by atomic mass is 35.5. The molecule has 2 aromatic rings. The first-order valence-corrected chi connectivity index (χ1v) is 6.50. The van der Waals surface area contributed by atoms with Gasteiger partial charge in [0, 0.05) is 0 Å². The van der Waals surface area contributed by atoms with Crippen LogP contribution in [0.25, 0.3) is 11.5 Å². The van der Waals surface area contributed by atoms with Gasteiger partial charge in [0.25, 0.3) is 5.89 Å². The first-order valence-electron chi connectivity index (χ1n) is 6.13. The fourth-order valence-corrected chi connectivity index (χ4v) is 2.42. The summed E-state index contributed by atoms with van der Waals surface area (Å²) >= 11 is 6.10. The molecule has 0 N–H and O–H groups in total. The minimum atomic E-state index is 0.495. The second kappa shape index (κ2) is 5.08. The van der Waals surface area contributed by atoms with Crippen molar-refractivity contribution >= 4 is 11.6 Å². The lowest BCUT2D eigenvalue weighted by molar-refractivity contribution is 0.312. The van der Waals surface area contributed by atoms with Crippen LogP contribution in [0.5, 0.6) is 0 Å². The van der Waals surface area contributed by atoms with Gasteiger partial charge in [-0.25, -0.2) is 0 Å². The molecule has 0 bridgehead atoms. The van der Waals surface area contributed by atoms with Gasteiger partial charge in [-0.05, 0) is 38.1 Å². The van der Waals surface area contributed by atoms with Crippen molar-refractivity contribution in [2.24, 2.45) is 0 Å². The van der Waals surface area contributed by atoms with E-state index in [0.29, 0.717) is 10.9 Å². The summed E-state index contributed by atoms with van der Waals surface area (Å²) in [5.74, 6) is 1.22. The van der Waals surface area contributed by atoms with Gasteiger partial charge >= 0.3 is 0 Å². The van der Waals surface area contributed by atoms with Crippen molar-refractivity contribution in [3.05, 3.63) is 35.1 Å². The topological polar surface area (TPSA) is 42.2 Å². The van der Waals surface area contributed by atoms with E-state index in [4.69, 9.17) is 16.1 Å². The lowest BCUT2D eigenvalue weighted by Gasteiger charge is -2.10. The molecule has 0 aliphatic carbocycles. The van der Waals surface area contributed by atoms with E-state index in [0.717, 1.165) is 31.0 Å². The molecule has 0 radical (unpaired) electrons. The number of likely N-dealkylation sites (tertiary alicyclic amines) is 1. The zero-order chi connectivity index (χ0) is 12.4. The van der Waals surface area contributed by atoms with Crippen LogP contribution in [0.2, 0.25) is 5.02 Å². The van der Waals surface area contributed by atoms with E-state index >= 15 is 0 Å². The highest BCUT2D eigenvalue weighted by molar-refractivity contribution is 6.33. The van der Waals surface area contributed by atoms with Crippen LogP contribution in [0.1, 0.15) is 18.7 Å². The fraction of sp³-hybridized carbons (Fsp3) is 0.385. The average Bonchev–Trinajstić information content (AvgIpc) is 3.02. The predicted molar refractivity (Wildman–Crippen MR) is 69.3 cm³/mol. The summed E-state index contributed by atoms with van der Waals surface area (Å²) in [6, 6.07) is 7.50. The number of hydrogen-bond acceptors (Lipinski definition) is 4. The number of benzene rings is 1. The third-order valence-corrected chi connectivity index (χ3v) is 3.47. The summed E-state index contributed by atoms with van der Waals surface area (Å²) in [4.78, 5) is 6.74. The molecule has 94 valence electrons. The van der Waals surface area contributed by atoms with E-state index in [2.05, 4.69) is 15.0 Å². The SMILES string of the molecule is Clc1ccccc1-c1nc(CN2CCCC2)no1. The van der Waals surface area contributed by atoms with Crippen LogP contribution >= 0.6 is 11.6 Å². The van der Waals surface area contributed by atoms with Crippen molar-refractivity contribution in [1.29, 1.82) is 0 Å². The van der Waals surface area contributed by atoms with E-state index in [1.807, 2.05) is 24.3 Å². The molecule has 1 aromatic heterocycles. The van der Waals surface area contributed by atoms with E-state index in [9.17, 15) is 0 Å². The third-order valence-electron chi connectivity index (χ3n) is 3.14. The quantitative estimate of drug-likeness (QED) is 0.854. The summed E-state index contributed by atoms with van der Waals surface area (Å²) in [5, 5.41) is 4.64. The Morgan fingerprint density at radius 2 is 2.00 bits per heavy atom. The molecular weight excluding hydrogens is 250 g/mol. The minimum Gasteiger partial charge on any atom is -0.334 e. The molecule has 3 rings (SSSR count). The maximum atomic E-state index is 6.10. The van der Waals surface area contributed by atoms with Gasteiger partial charge in [0.05, 0.1) is 17.1 Å². The van der Waals surface area contributed by atoms with E-state index in [1.165, 1.54) is 12.8 Å². The second-order valence-corrected chi connectivity index (χ2v) is 4.89. The maximum absolute atomic E-state index is 6.10. The van der Waals surface area contributed by atoms with Gasteiger partial charge in [-0.3, -0.25) is 4.90 Å². The molecule has 0 amide bonds. The fourth-order valence-electron chi connectivity index (χ4n) is 2.20. The Hall–Kier alpha value is -1.39. The average molecular weight is 264 g/mol. The lowest BCUT2D eigenvalue weighted by atomic mass is 10.2. The molecule has 1 aliphatic rings. The number of halogens is 1. The van der Waals surface area contributed by atoms with Gasteiger partial charge in [0.1, 0.15) is 0 Å². The number of hydrogen-bond donors (Lipinski definition) is 0. The zero-order valence-corrected chi connectivity index (χ0v) is 10.7. The lowest BCUT2D eigenvalue weighted by Crippen LogP contribution is -2.19. The van der Waals surface area contributed by atoms with Crippen LogP contribution in [-0.4, -0.2) is 28.1 Å². The van der Waals surface area contributed by atoms with Crippen LogP contribution in [0.4, 0.5) is 0 Å². The molecule has 2 heterocycles. The highest BCUT2D eigenvalue weighted by Gasteiger charge is 2.16. The predicted octanol–water partition coefficient (Wildman–Crippen LogP) is 2.99. The zero-order valence-electron chi connectivity index (χ0n) is 9.97. The largest absolute Gasteiger partial charge is 0.334 e. The molecule has 18 heavy (non-hydrogen) atoms. The Morgan fingerprint density at radius 1 is 1.22 bits per heavy atom. The molecule has 1 aliphatic heterocycles. The summed E-state index contributed by atoms with van der Waals surface area (Å²) in [6.07, 6.45) is 2.52. The van der Waals surface area contributed by atoms with Gasteiger partial charge in [0.15, 0.2) is 5.82 Å². The Kier molecular flexibility index (Phi) is 3.30. The van der Waals surface area contributed by atoms with Crippen molar-refractivity contribution in [1.82, 2.24) is 15.0 Å². The second-order valence-electron chi connectivity index (χ2n) is 4.48. The summed E-state index contributed by atoms with van der Waals surface area (Å²) in [6.45, 7) is 3.00.